The van der Waals surface area contributed by atoms with Crippen LogP contribution in [0.15, 0.2) is 48.5 Å². The molecule has 0 bridgehead atoms. The Balaban J connectivity index is 1.40. The van der Waals surface area contributed by atoms with Crippen molar-refractivity contribution in [3.8, 4) is 5.75 Å². The summed E-state index contributed by atoms with van der Waals surface area (Å²) in [5.41, 5.74) is 5.51. The number of alkyl halides is 2. The molecule has 0 amide bonds. The third kappa shape index (κ3) is 7.55. The third-order valence-corrected chi connectivity index (χ3v) is 10.3. The van der Waals surface area contributed by atoms with Crippen molar-refractivity contribution in [3.05, 3.63) is 65.2 Å². The highest BCUT2D eigenvalue weighted by Crippen LogP contribution is 2.30. The number of carbonyl (C=O) groups excluding carboxylic acids is 1. The van der Waals surface area contributed by atoms with Crippen LogP contribution in [0.4, 0.5) is 0 Å². The number of halogens is 2. The van der Waals surface area contributed by atoms with Gasteiger partial charge < -0.3 is 4.74 Å². The molecule has 2 nitrogen and oxygen atoms in total. The van der Waals surface area contributed by atoms with E-state index in [9.17, 15) is 4.79 Å². The molecule has 0 N–H and O–H groups in total. The van der Waals surface area contributed by atoms with Gasteiger partial charge in [0.15, 0.2) is 0 Å². The Morgan fingerprint density at radius 2 is 1.83 bits per heavy atom. The minimum Gasteiger partial charge on any atom is -0.494 e. The molecule has 3 rings (SSSR count). The minimum absolute atomic E-state index is 0.142. The fourth-order valence-electron chi connectivity index (χ4n) is 3.52. The Bertz CT molecular complexity index is 848. The summed E-state index contributed by atoms with van der Waals surface area (Å²) in [6, 6.07) is 17.3. The van der Waals surface area contributed by atoms with Gasteiger partial charge in [-0.25, -0.2) is 0 Å². The maximum Gasteiger partial charge on any atom is 0.202 e. The Kier molecular flexibility index (Phi) is 10.5. The van der Waals surface area contributed by atoms with Gasteiger partial charge in [-0.1, -0.05) is 99.4 Å². The molecule has 2 aromatic carbocycles. The largest absolute Gasteiger partial charge is 0.494 e. The van der Waals surface area contributed by atoms with Crippen molar-refractivity contribution in [2.45, 2.75) is 42.4 Å². The first kappa shape index (κ1) is 24.1. The number of thioether (sulfide) groups is 1. The van der Waals surface area contributed by atoms with Gasteiger partial charge in [-0.2, -0.15) is 0 Å². The van der Waals surface area contributed by atoms with Crippen molar-refractivity contribution in [1.29, 1.82) is 0 Å². The molecule has 30 heavy (non-hydrogen) atoms. The van der Waals surface area contributed by atoms with Gasteiger partial charge in [-0.15, -0.1) is 0 Å². The first-order valence-electron chi connectivity index (χ1n) is 10.6. The average Bonchev–Trinajstić information content (AvgIpc) is 3.00. The van der Waals surface area contributed by atoms with Crippen LogP contribution >= 0.6 is 56.9 Å². The Morgan fingerprint density at radius 1 is 1.03 bits per heavy atom. The van der Waals surface area contributed by atoms with Crippen molar-refractivity contribution in [2.24, 2.45) is 0 Å². The molecule has 0 saturated carbocycles. The van der Waals surface area contributed by atoms with Gasteiger partial charge >= 0.3 is 0 Å². The van der Waals surface area contributed by atoms with Crippen LogP contribution in [0.5, 0.6) is 5.75 Å². The zero-order chi connectivity index (χ0) is 21.2. The Hall–Kier alpha value is -0.540. The van der Waals surface area contributed by atoms with E-state index in [0.717, 1.165) is 54.6 Å². The van der Waals surface area contributed by atoms with Crippen molar-refractivity contribution in [3.63, 3.8) is 0 Å². The summed E-state index contributed by atoms with van der Waals surface area (Å²) in [6.45, 7) is 0.733. The van der Waals surface area contributed by atoms with Crippen LogP contribution in [0.3, 0.4) is 0 Å². The topological polar surface area (TPSA) is 26.3 Å². The van der Waals surface area contributed by atoms with E-state index in [1.165, 1.54) is 40.4 Å². The van der Waals surface area contributed by atoms with Gasteiger partial charge in [0, 0.05) is 10.2 Å². The molecular weight excluding hydrogens is 618 g/mol. The minimum atomic E-state index is 0.142. The van der Waals surface area contributed by atoms with Crippen LogP contribution in [0, 0.1) is 0 Å². The van der Waals surface area contributed by atoms with Crippen molar-refractivity contribution in [1.82, 2.24) is 0 Å². The predicted octanol–water partition coefficient (Wildman–Crippen LogP) is 7.61. The quantitative estimate of drug-likeness (QED) is 0.151. The van der Waals surface area contributed by atoms with Crippen LogP contribution in [-0.4, -0.2) is 25.8 Å². The van der Waals surface area contributed by atoms with E-state index in [1.54, 1.807) is 0 Å². The molecule has 1 aliphatic rings. The third-order valence-electron chi connectivity index (χ3n) is 5.20. The van der Waals surface area contributed by atoms with Crippen molar-refractivity contribution >= 4 is 73.7 Å². The first-order valence-corrected chi connectivity index (χ1v) is 14.3. The SMILES string of the molecule is O=C(SCCCCCOc1ccc(C2=Cc3ccccc3CCC2)cc1)C(I)CI. The highest BCUT2D eigenvalue weighted by molar-refractivity contribution is 14.1. The number of rotatable bonds is 10. The van der Waals surface area contributed by atoms with Crippen LogP contribution < -0.4 is 4.74 Å². The molecule has 1 aliphatic carbocycles. The molecule has 0 aliphatic heterocycles. The number of carbonyl (C=O) groups is 1. The second kappa shape index (κ2) is 13.1. The summed E-state index contributed by atoms with van der Waals surface area (Å²) < 4.78 is 6.95. The molecular formula is C25H28I2O2S. The number of fused-ring (bicyclic) bond motifs is 1. The van der Waals surface area contributed by atoms with Crippen LogP contribution in [0.1, 0.15) is 48.8 Å². The number of benzene rings is 2. The lowest BCUT2D eigenvalue weighted by atomic mass is 10.0. The van der Waals surface area contributed by atoms with Gasteiger partial charge in [0.05, 0.1) is 10.5 Å². The fourth-order valence-corrected chi connectivity index (χ4v) is 5.57. The molecule has 0 spiro atoms. The number of ether oxygens (including phenoxy) is 1. The van der Waals surface area contributed by atoms with Gasteiger partial charge in [-0.3, -0.25) is 4.79 Å². The molecule has 0 aromatic heterocycles. The molecule has 1 atom stereocenters. The predicted molar refractivity (Wildman–Crippen MR) is 147 cm³/mol. The number of aryl methyl sites for hydroxylation is 1. The van der Waals surface area contributed by atoms with E-state index < -0.39 is 0 Å². The first-order chi connectivity index (χ1) is 14.7. The van der Waals surface area contributed by atoms with Gasteiger partial charge in [0.2, 0.25) is 5.12 Å². The molecule has 0 fully saturated rings. The number of allylic oxidation sites excluding steroid dienone is 1. The number of unbranched alkanes of at least 4 members (excludes halogenated alkanes) is 2. The van der Waals surface area contributed by atoms with Crippen LogP contribution in [0.2, 0.25) is 0 Å². The van der Waals surface area contributed by atoms with Crippen LogP contribution in [-0.2, 0) is 11.2 Å². The van der Waals surface area contributed by atoms with E-state index in [0.29, 0.717) is 5.12 Å². The molecule has 1 unspecified atom stereocenters. The highest BCUT2D eigenvalue weighted by atomic mass is 127. The van der Waals surface area contributed by atoms with Crippen LogP contribution in [0.25, 0.3) is 11.6 Å². The number of hydrogen-bond acceptors (Lipinski definition) is 3. The van der Waals surface area contributed by atoms with E-state index >= 15 is 0 Å². The molecule has 0 saturated heterocycles. The lowest BCUT2D eigenvalue weighted by Crippen LogP contribution is -2.11. The maximum absolute atomic E-state index is 11.8. The van der Waals surface area contributed by atoms with Gasteiger partial charge in [0.1, 0.15) is 5.75 Å². The second-order valence-corrected chi connectivity index (χ2v) is 10.9. The van der Waals surface area contributed by atoms with E-state index in [-0.39, 0.29) is 3.92 Å². The molecule has 160 valence electrons. The second-order valence-electron chi connectivity index (χ2n) is 7.44. The molecule has 2 aromatic rings. The normalized spacial score (nSPS) is 14.4. The summed E-state index contributed by atoms with van der Waals surface area (Å²) in [5, 5.41) is 0.314. The number of hydrogen-bond donors (Lipinski definition) is 0. The van der Waals surface area contributed by atoms with Crippen molar-refractivity contribution in [2.75, 3.05) is 16.8 Å². The zero-order valence-corrected chi connectivity index (χ0v) is 22.2. The fraction of sp³-hybridized carbons (Fsp3) is 0.400. The lowest BCUT2D eigenvalue weighted by molar-refractivity contribution is -0.109. The summed E-state index contributed by atoms with van der Waals surface area (Å²) >= 11 is 5.98. The van der Waals surface area contributed by atoms with Gasteiger partial charge in [-0.05, 0) is 72.9 Å². The van der Waals surface area contributed by atoms with E-state index in [2.05, 4.69) is 99.8 Å². The molecule has 0 heterocycles. The van der Waals surface area contributed by atoms with Crippen molar-refractivity contribution < 1.29 is 9.53 Å². The van der Waals surface area contributed by atoms with E-state index in [1.807, 2.05) is 0 Å². The summed E-state index contributed by atoms with van der Waals surface area (Å²) in [7, 11) is 0. The summed E-state index contributed by atoms with van der Waals surface area (Å²) in [4.78, 5) is 11.8. The molecule has 5 heteroatoms. The zero-order valence-electron chi connectivity index (χ0n) is 17.1. The summed E-state index contributed by atoms with van der Waals surface area (Å²) in [6.07, 6.45) is 9.01. The van der Waals surface area contributed by atoms with E-state index in [4.69, 9.17) is 4.74 Å². The monoisotopic (exact) mass is 646 g/mol. The Morgan fingerprint density at radius 3 is 2.63 bits per heavy atom. The smallest absolute Gasteiger partial charge is 0.202 e. The average molecular weight is 646 g/mol. The maximum atomic E-state index is 11.8. The van der Waals surface area contributed by atoms with Gasteiger partial charge in [0.25, 0.3) is 0 Å². The molecule has 0 radical (unpaired) electrons. The lowest BCUT2D eigenvalue weighted by Gasteiger charge is -2.09. The Labute approximate surface area is 211 Å². The standard InChI is InChI=1S/C25H28I2O2S/c26-18-24(27)25(28)30-16-5-1-4-15-29-23-13-11-20(12-14-23)22-10-6-9-19-7-2-3-8-21(19)17-22/h2-3,7-8,11-14,17,24H,1,4-6,9-10,15-16,18H2. The summed E-state index contributed by atoms with van der Waals surface area (Å²) in [5.74, 6) is 1.86. The highest BCUT2D eigenvalue weighted by Gasteiger charge is 2.13.